The zero-order valence-electron chi connectivity index (χ0n) is 16.3. The first-order valence-corrected chi connectivity index (χ1v) is 10.4. The Bertz CT molecular complexity index is 1130. The van der Waals surface area contributed by atoms with Gasteiger partial charge in [0.05, 0.1) is 12.7 Å². The van der Waals surface area contributed by atoms with Crippen molar-refractivity contribution in [2.45, 2.75) is 16.8 Å². The van der Waals surface area contributed by atoms with Crippen LogP contribution in [0.25, 0.3) is 0 Å². The lowest BCUT2D eigenvalue weighted by Crippen LogP contribution is -2.38. The van der Waals surface area contributed by atoms with Crippen molar-refractivity contribution in [2.24, 2.45) is 5.92 Å². The Kier molecular flexibility index (Phi) is 5.67. The highest BCUT2D eigenvalue weighted by Gasteiger charge is 2.42. The summed E-state index contributed by atoms with van der Waals surface area (Å²) in [5, 5.41) is 3.55. The van der Waals surface area contributed by atoms with E-state index in [1.807, 2.05) is 42.5 Å². The summed E-state index contributed by atoms with van der Waals surface area (Å²) in [7, 11) is 1.32. The van der Waals surface area contributed by atoms with Gasteiger partial charge in [-0.2, -0.15) is 0 Å². The summed E-state index contributed by atoms with van der Waals surface area (Å²) < 4.78 is 4.99. The van der Waals surface area contributed by atoms with Gasteiger partial charge in [0.1, 0.15) is 11.7 Å². The SMILES string of the molecule is C=C1Nc2nc(SCc3ccccc3)[nH]c(=O)c2C(c2ccc[nH+]c2)C1C(=O)OC. The average Bonchev–Trinajstić information content (AvgIpc) is 2.77. The van der Waals surface area contributed by atoms with E-state index in [0.29, 0.717) is 28.0 Å². The number of ether oxygens (including phenoxy) is 1. The van der Waals surface area contributed by atoms with Crippen LogP contribution in [0.5, 0.6) is 0 Å². The third-order valence-electron chi connectivity index (χ3n) is 5.00. The van der Waals surface area contributed by atoms with Gasteiger partial charge in [-0.3, -0.25) is 9.59 Å². The Morgan fingerprint density at radius 3 is 2.77 bits per heavy atom. The fraction of sp³-hybridized carbons (Fsp3) is 0.182. The smallest absolute Gasteiger partial charge is 0.315 e. The van der Waals surface area contributed by atoms with E-state index in [0.717, 1.165) is 11.1 Å². The minimum atomic E-state index is -0.746. The molecule has 0 amide bonds. The topological polar surface area (TPSA) is 98.2 Å². The van der Waals surface area contributed by atoms with Gasteiger partial charge in [0.25, 0.3) is 5.56 Å². The van der Waals surface area contributed by atoms with Crippen LogP contribution in [0.15, 0.2) is 77.1 Å². The van der Waals surface area contributed by atoms with Crippen LogP contribution in [0.2, 0.25) is 0 Å². The lowest BCUT2D eigenvalue weighted by Gasteiger charge is -2.32. The number of fused-ring (bicyclic) bond motifs is 1. The van der Waals surface area contributed by atoms with Crippen molar-refractivity contribution in [3.8, 4) is 0 Å². The van der Waals surface area contributed by atoms with E-state index in [1.165, 1.54) is 18.9 Å². The van der Waals surface area contributed by atoms with E-state index in [1.54, 1.807) is 12.4 Å². The van der Waals surface area contributed by atoms with E-state index in [-0.39, 0.29) is 5.56 Å². The highest BCUT2D eigenvalue weighted by atomic mass is 32.2. The first-order chi connectivity index (χ1) is 14.6. The fourth-order valence-electron chi connectivity index (χ4n) is 3.60. The van der Waals surface area contributed by atoms with Crippen molar-refractivity contribution in [2.75, 3.05) is 12.4 Å². The molecule has 2 unspecified atom stereocenters. The number of nitrogens with zero attached hydrogens (tertiary/aromatic N) is 1. The second-order valence-electron chi connectivity index (χ2n) is 6.87. The van der Waals surface area contributed by atoms with Crippen LogP contribution in [-0.2, 0) is 15.3 Å². The number of nitrogens with one attached hydrogen (secondary N) is 3. The maximum absolute atomic E-state index is 13.1. The van der Waals surface area contributed by atoms with E-state index in [9.17, 15) is 9.59 Å². The molecule has 4 rings (SSSR count). The number of carbonyl (C=O) groups is 1. The molecule has 1 aliphatic rings. The highest BCUT2D eigenvalue weighted by molar-refractivity contribution is 7.98. The molecule has 0 bridgehead atoms. The van der Waals surface area contributed by atoms with Crippen LogP contribution in [-0.4, -0.2) is 23.0 Å². The number of thioether (sulfide) groups is 1. The molecule has 3 N–H and O–H groups in total. The molecule has 1 aromatic carbocycles. The molecular formula is C22H21N4O3S+. The summed E-state index contributed by atoms with van der Waals surface area (Å²) in [5.74, 6) is -0.694. The van der Waals surface area contributed by atoms with Gasteiger partial charge < -0.3 is 15.0 Å². The number of methoxy groups -OCH3 is 1. The van der Waals surface area contributed by atoms with Gasteiger partial charge in [0, 0.05) is 29.0 Å². The molecule has 8 heteroatoms. The Morgan fingerprint density at radius 1 is 1.27 bits per heavy atom. The van der Waals surface area contributed by atoms with Crippen molar-refractivity contribution in [1.82, 2.24) is 9.97 Å². The summed E-state index contributed by atoms with van der Waals surface area (Å²) in [6.07, 6.45) is 3.53. The van der Waals surface area contributed by atoms with Crippen LogP contribution in [0.3, 0.4) is 0 Å². The molecule has 0 spiro atoms. The zero-order valence-corrected chi connectivity index (χ0v) is 17.2. The number of pyridine rings is 1. The van der Waals surface area contributed by atoms with Gasteiger partial charge in [-0.05, 0) is 11.6 Å². The minimum Gasteiger partial charge on any atom is -0.468 e. The molecule has 3 aromatic rings. The molecule has 152 valence electrons. The predicted octanol–water partition coefficient (Wildman–Crippen LogP) is 2.74. The average molecular weight is 422 g/mol. The molecule has 2 atom stereocenters. The molecule has 0 radical (unpaired) electrons. The third kappa shape index (κ3) is 3.86. The molecule has 0 saturated heterocycles. The van der Waals surface area contributed by atoms with Crippen LogP contribution >= 0.6 is 11.8 Å². The van der Waals surface area contributed by atoms with E-state index < -0.39 is 17.8 Å². The summed E-state index contributed by atoms with van der Waals surface area (Å²) >= 11 is 1.44. The first-order valence-electron chi connectivity index (χ1n) is 9.39. The molecule has 2 aromatic heterocycles. The van der Waals surface area contributed by atoms with Gasteiger partial charge in [-0.1, -0.05) is 48.7 Å². The number of aromatic nitrogens is 3. The molecule has 30 heavy (non-hydrogen) atoms. The van der Waals surface area contributed by atoms with Gasteiger partial charge in [-0.25, -0.2) is 9.97 Å². The molecular weight excluding hydrogens is 400 g/mol. The van der Waals surface area contributed by atoms with Gasteiger partial charge in [0.2, 0.25) is 0 Å². The molecule has 0 saturated carbocycles. The Hall–Kier alpha value is -3.39. The Balaban J connectivity index is 1.75. The number of hydrogen-bond donors (Lipinski definition) is 2. The first kappa shape index (κ1) is 19.9. The largest absolute Gasteiger partial charge is 0.468 e. The highest BCUT2D eigenvalue weighted by Crippen LogP contribution is 2.41. The van der Waals surface area contributed by atoms with E-state index >= 15 is 0 Å². The van der Waals surface area contributed by atoms with Crippen molar-refractivity contribution in [3.05, 3.63) is 94.2 Å². The normalized spacial score (nSPS) is 17.7. The maximum atomic E-state index is 13.1. The van der Waals surface area contributed by atoms with E-state index in [4.69, 9.17) is 4.74 Å². The van der Waals surface area contributed by atoms with Crippen molar-refractivity contribution in [3.63, 3.8) is 0 Å². The molecule has 1 aliphatic heterocycles. The minimum absolute atomic E-state index is 0.293. The Morgan fingerprint density at radius 2 is 2.07 bits per heavy atom. The van der Waals surface area contributed by atoms with Gasteiger partial charge >= 0.3 is 5.97 Å². The van der Waals surface area contributed by atoms with Crippen LogP contribution < -0.4 is 15.9 Å². The molecule has 7 nitrogen and oxygen atoms in total. The Labute approximate surface area is 177 Å². The van der Waals surface area contributed by atoms with Crippen molar-refractivity contribution < 1.29 is 14.5 Å². The third-order valence-corrected chi connectivity index (χ3v) is 5.94. The molecule has 0 aliphatic carbocycles. The standard InChI is InChI=1S/C22H20N4O3S/c1-13-16(21(28)29-2)17(15-9-6-10-23-11-15)18-19(24-13)25-22(26-20(18)27)30-12-14-7-4-3-5-8-14/h3-11,16-17H,1,12H2,2H3,(H2,24,25,26,27)/p+1. The lowest BCUT2D eigenvalue weighted by atomic mass is 9.78. The fourth-order valence-corrected chi connectivity index (χ4v) is 4.42. The number of esters is 1. The van der Waals surface area contributed by atoms with Crippen molar-refractivity contribution >= 4 is 23.5 Å². The number of hydrogen-bond acceptors (Lipinski definition) is 6. The van der Waals surface area contributed by atoms with E-state index in [2.05, 4.69) is 26.8 Å². The lowest BCUT2D eigenvalue weighted by molar-refractivity contribution is -0.378. The number of carbonyl (C=O) groups excluding carboxylic acids is 1. The second-order valence-corrected chi connectivity index (χ2v) is 7.84. The monoisotopic (exact) mass is 421 g/mol. The van der Waals surface area contributed by atoms with Crippen LogP contribution in [0.4, 0.5) is 5.82 Å². The van der Waals surface area contributed by atoms with Crippen molar-refractivity contribution in [1.29, 1.82) is 0 Å². The second kappa shape index (κ2) is 8.54. The van der Waals surface area contributed by atoms with Gasteiger partial charge in [0.15, 0.2) is 17.6 Å². The predicted molar refractivity (Wildman–Crippen MR) is 114 cm³/mol. The summed E-state index contributed by atoms with van der Waals surface area (Å²) in [4.78, 5) is 36.1. The number of aromatic amines is 2. The number of rotatable bonds is 5. The molecule has 0 fully saturated rings. The quantitative estimate of drug-likeness (QED) is 0.373. The van der Waals surface area contributed by atoms with Crippen LogP contribution in [0.1, 0.15) is 22.6 Å². The number of H-pyrrole nitrogens is 2. The molecule has 3 heterocycles. The number of anilines is 1. The number of benzene rings is 1. The summed E-state index contributed by atoms with van der Waals surface area (Å²) in [5.41, 5.74) is 2.44. The van der Waals surface area contributed by atoms with Gasteiger partial charge in [-0.15, -0.1) is 0 Å². The summed E-state index contributed by atoms with van der Waals surface area (Å²) in [6, 6.07) is 13.6. The maximum Gasteiger partial charge on any atom is 0.315 e. The summed E-state index contributed by atoms with van der Waals surface area (Å²) in [6.45, 7) is 4.01. The van der Waals surface area contributed by atoms with Crippen LogP contribution in [0, 0.1) is 5.92 Å². The zero-order chi connectivity index (χ0) is 21.1.